The SMILES string of the molecule is C/C(=C\C=C(\Cl)C(=O)O)C(=O)O. The third kappa shape index (κ3) is 3.78. The van der Waals surface area contributed by atoms with Crippen LogP contribution < -0.4 is 0 Å². The molecule has 0 radical (unpaired) electrons. The van der Waals surface area contributed by atoms with E-state index in [9.17, 15) is 9.59 Å². The molecular formula is C7H7ClO4. The molecule has 0 spiro atoms. The van der Waals surface area contributed by atoms with Gasteiger partial charge in [-0.1, -0.05) is 17.7 Å². The fourth-order valence-electron chi connectivity index (χ4n) is 0.341. The molecule has 0 aliphatic carbocycles. The minimum atomic E-state index is -1.29. The average molecular weight is 191 g/mol. The van der Waals surface area contributed by atoms with Crippen molar-refractivity contribution < 1.29 is 19.8 Å². The van der Waals surface area contributed by atoms with Crippen LogP contribution in [-0.4, -0.2) is 22.2 Å². The van der Waals surface area contributed by atoms with Gasteiger partial charge in [0.25, 0.3) is 0 Å². The minimum absolute atomic E-state index is 0.0226. The zero-order chi connectivity index (χ0) is 9.72. The Morgan fingerprint density at radius 1 is 1.17 bits per heavy atom. The van der Waals surface area contributed by atoms with E-state index in [-0.39, 0.29) is 5.57 Å². The van der Waals surface area contributed by atoms with Crippen LogP contribution in [0.2, 0.25) is 0 Å². The van der Waals surface area contributed by atoms with E-state index in [0.717, 1.165) is 12.2 Å². The summed E-state index contributed by atoms with van der Waals surface area (Å²) >= 11 is 5.19. The normalized spacial score (nSPS) is 12.8. The molecule has 0 atom stereocenters. The first-order valence-corrected chi connectivity index (χ1v) is 3.33. The fraction of sp³-hybridized carbons (Fsp3) is 0.143. The molecule has 66 valence electrons. The van der Waals surface area contributed by atoms with Gasteiger partial charge in [-0.25, -0.2) is 9.59 Å². The van der Waals surface area contributed by atoms with Gasteiger partial charge in [0.05, 0.1) is 0 Å². The van der Waals surface area contributed by atoms with Crippen LogP contribution in [0.3, 0.4) is 0 Å². The van der Waals surface area contributed by atoms with Crippen LogP contribution in [0.15, 0.2) is 22.8 Å². The van der Waals surface area contributed by atoms with Gasteiger partial charge in [-0.3, -0.25) is 0 Å². The fourth-order valence-corrected chi connectivity index (χ4v) is 0.404. The molecule has 2 N–H and O–H groups in total. The first kappa shape index (κ1) is 10.7. The van der Waals surface area contributed by atoms with Gasteiger partial charge in [-0.15, -0.1) is 0 Å². The average Bonchev–Trinajstić information content (AvgIpc) is 1.98. The standard InChI is InChI=1S/C7H7ClO4/c1-4(6(9)10)2-3-5(8)7(11)12/h2-3H,1H3,(H,9,10)(H,11,12)/b4-2+,5-3+. The zero-order valence-corrected chi connectivity index (χ0v) is 7.00. The van der Waals surface area contributed by atoms with E-state index in [2.05, 4.69) is 0 Å². The van der Waals surface area contributed by atoms with Crippen LogP contribution in [-0.2, 0) is 9.59 Å². The van der Waals surface area contributed by atoms with Crippen molar-refractivity contribution in [1.29, 1.82) is 0 Å². The molecule has 12 heavy (non-hydrogen) atoms. The summed E-state index contributed by atoms with van der Waals surface area (Å²) in [5.41, 5.74) is 0.0226. The van der Waals surface area contributed by atoms with E-state index in [1.54, 1.807) is 0 Å². The summed E-state index contributed by atoms with van der Waals surface area (Å²) in [6.07, 6.45) is 2.14. The number of halogens is 1. The van der Waals surface area contributed by atoms with Crippen LogP contribution in [0.4, 0.5) is 0 Å². The first-order valence-electron chi connectivity index (χ1n) is 2.96. The Labute approximate surface area is 73.8 Å². The van der Waals surface area contributed by atoms with Gasteiger partial charge in [0, 0.05) is 5.57 Å². The van der Waals surface area contributed by atoms with Gasteiger partial charge in [-0.2, -0.15) is 0 Å². The largest absolute Gasteiger partial charge is 0.478 e. The molecule has 0 aromatic carbocycles. The summed E-state index contributed by atoms with van der Waals surface area (Å²) in [6.45, 7) is 1.34. The molecular weight excluding hydrogens is 184 g/mol. The monoisotopic (exact) mass is 190 g/mol. The van der Waals surface area contributed by atoms with Gasteiger partial charge >= 0.3 is 11.9 Å². The molecule has 4 nitrogen and oxygen atoms in total. The topological polar surface area (TPSA) is 74.6 Å². The summed E-state index contributed by atoms with van der Waals surface area (Å²) in [6, 6.07) is 0. The van der Waals surface area contributed by atoms with E-state index in [4.69, 9.17) is 21.8 Å². The van der Waals surface area contributed by atoms with Gasteiger partial charge in [0.2, 0.25) is 0 Å². The lowest BCUT2D eigenvalue weighted by Crippen LogP contribution is -1.96. The number of carboxylic acids is 2. The third-order valence-corrected chi connectivity index (χ3v) is 1.31. The van der Waals surface area contributed by atoms with Crippen LogP contribution in [0, 0.1) is 0 Å². The van der Waals surface area contributed by atoms with Crippen LogP contribution in [0.5, 0.6) is 0 Å². The van der Waals surface area contributed by atoms with Crippen LogP contribution in [0.1, 0.15) is 6.92 Å². The molecule has 0 aliphatic heterocycles. The highest BCUT2D eigenvalue weighted by atomic mass is 35.5. The lowest BCUT2D eigenvalue weighted by molar-refractivity contribution is -0.133. The molecule has 0 saturated heterocycles. The molecule has 5 heteroatoms. The van der Waals surface area contributed by atoms with E-state index in [1.165, 1.54) is 6.92 Å². The van der Waals surface area contributed by atoms with Gasteiger partial charge in [0.1, 0.15) is 5.03 Å². The van der Waals surface area contributed by atoms with Crippen molar-refractivity contribution in [1.82, 2.24) is 0 Å². The van der Waals surface area contributed by atoms with Crippen LogP contribution >= 0.6 is 11.6 Å². The lowest BCUT2D eigenvalue weighted by atomic mass is 10.3. The summed E-state index contributed by atoms with van der Waals surface area (Å²) in [5.74, 6) is -2.40. The predicted molar refractivity (Wildman–Crippen MR) is 43.0 cm³/mol. The molecule has 0 aromatic rings. The summed E-state index contributed by atoms with van der Waals surface area (Å²) in [4.78, 5) is 20.3. The minimum Gasteiger partial charge on any atom is -0.478 e. The van der Waals surface area contributed by atoms with Crippen molar-refractivity contribution in [2.24, 2.45) is 0 Å². The zero-order valence-electron chi connectivity index (χ0n) is 6.24. The maximum absolute atomic E-state index is 10.2. The molecule has 0 aliphatic rings. The van der Waals surface area contributed by atoms with E-state index in [1.807, 2.05) is 0 Å². The summed E-state index contributed by atoms with van der Waals surface area (Å²) < 4.78 is 0. The second-order valence-corrected chi connectivity index (χ2v) is 2.38. The second kappa shape index (κ2) is 4.56. The van der Waals surface area contributed by atoms with Crippen molar-refractivity contribution >= 4 is 23.5 Å². The van der Waals surface area contributed by atoms with E-state index >= 15 is 0 Å². The number of rotatable bonds is 3. The first-order chi connectivity index (χ1) is 5.45. The number of allylic oxidation sites excluding steroid dienone is 2. The predicted octanol–water partition coefficient (Wildman–Crippen LogP) is 1.22. The highest BCUT2D eigenvalue weighted by Gasteiger charge is 2.01. The molecule has 0 fully saturated rings. The van der Waals surface area contributed by atoms with Gasteiger partial charge in [0.15, 0.2) is 0 Å². The molecule has 0 unspecified atom stereocenters. The number of carbonyl (C=O) groups is 2. The van der Waals surface area contributed by atoms with Crippen molar-refractivity contribution in [3.8, 4) is 0 Å². The highest BCUT2D eigenvalue weighted by Crippen LogP contribution is 2.02. The lowest BCUT2D eigenvalue weighted by Gasteiger charge is -1.89. The Balaban J connectivity index is 4.48. The number of hydrogen-bond acceptors (Lipinski definition) is 2. The highest BCUT2D eigenvalue weighted by molar-refractivity contribution is 6.41. The Kier molecular flexibility index (Phi) is 4.07. The molecule has 0 heterocycles. The number of carboxylic acid groups (broad SMARTS) is 2. The Hall–Kier alpha value is -1.29. The number of hydrogen-bond donors (Lipinski definition) is 2. The molecule has 0 bridgehead atoms. The molecule has 0 aromatic heterocycles. The third-order valence-electron chi connectivity index (χ3n) is 1.02. The Morgan fingerprint density at radius 2 is 1.67 bits per heavy atom. The van der Waals surface area contributed by atoms with E-state index in [0.29, 0.717) is 0 Å². The van der Waals surface area contributed by atoms with Crippen LogP contribution in [0.25, 0.3) is 0 Å². The van der Waals surface area contributed by atoms with Crippen molar-refractivity contribution in [3.05, 3.63) is 22.8 Å². The second-order valence-electron chi connectivity index (χ2n) is 1.97. The Morgan fingerprint density at radius 3 is 2.00 bits per heavy atom. The van der Waals surface area contributed by atoms with Crippen molar-refractivity contribution in [2.45, 2.75) is 6.92 Å². The maximum atomic E-state index is 10.2. The van der Waals surface area contributed by atoms with Crippen molar-refractivity contribution in [2.75, 3.05) is 0 Å². The summed E-state index contributed by atoms with van der Waals surface area (Å²) in [5, 5.41) is 16.2. The Bertz CT molecular complexity index is 237. The quantitative estimate of drug-likeness (QED) is 0.519. The van der Waals surface area contributed by atoms with Crippen molar-refractivity contribution in [3.63, 3.8) is 0 Å². The van der Waals surface area contributed by atoms with E-state index < -0.39 is 17.0 Å². The maximum Gasteiger partial charge on any atom is 0.347 e. The smallest absolute Gasteiger partial charge is 0.347 e. The molecule has 0 rings (SSSR count). The summed E-state index contributed by atoms with van der Waals surface area (Å²) in [7, 11) is 0. The molecule has 0 amide bonds. The van der Waals surface area contributed by atoms with Gasteiger partial charge < -0.3 is 10.2 Å². The van der Waals surface area contributed by atoms with Gasteiger partial charge in [-0.05, 0) is 13.0 Å². The molecule has 0 saturated carbocycles. The number of aliphatic carboxylic acids is 2.